The summed E-state index contributed by atoms with van der Waals surface area (Å²) in [7, 11) is -2.13. The third-order valence-corrected chi connectivity index (χ3v) is 1.62. The van der Waals surface area contributed by atoms with Crippen LogP contribution in [-0.2, 0) is 6.18 Å². The van der Waals surface area contributed by atoms with Crippen molar-refractivity contribution >= 4 is 7.32 Å². The van der Waals surface area contributed by atoms with E-state index in [1.807, 2.05) is 0 Å². The maximum absolute atomic E-state index is 12.3. The van der Waals surface area contributed by atoms with Crippen molar-refractivity contribution in [2.45, 2.75) is 13.1 Å². The lowest BCUT2D eigenvalue weighted by Crippen LogP contribution is -2.21. The molecule has 0 amide bonds. The molecular weight excluding hydrogens is 212 g/mol. The van der Waals surface area contributed by atoms with Gasteiger partial charge in [-0.3, -0.25) is 0 Å². The third-order valence-electron chi connectivity index (χ3n) is 1.62. The highest BCUT2D eigenvalue weighted by Gasteiger charge is 2.31. The summed E-state index contributed by atoms with van der Waals surface area (Å²) in [4.78, 5) is 0. The minimum absolute atomic E-state index is 0.239. The van der Waals surface area contributed by atoms with E-state index in [9.17, 15) is 13.2 Å². The summed E-state index contributed by atoms with van der Waals surface area (Å²) in [6.45, 7) is 1.45. The van der Waals surface area contributed by atoms with Crippen LogP contribution in [-0.4, -0.2) is 17.4 Å². The van der Waals surface area contributed by atoms with Crippen molar-refractivity contribution in [3.8, 4) is 5.75 Å². The summed E-state index contributed by atoms with van der Waals surface area (Å²) in [5.41, 5.74) is -0.571. The molecule has 1 rings (SSSR count). The number of hydrogen-bond acceptors (Lipinski definition) is 3. The van der Waals surface area contributed by atoms with Gasteiger partial charge < -0.3 is 14.7 Å². The van der Waals surface area contributed by atoms with Crippen LogP contribution in [0.25, 0.3) is 0 Å². The summed E-state index contributed by atoms with van der Waals surface area (Å²) in [5, 5.41) is 16.9. The number of alkyl halides is 3. The average Bonchev–Trinajstić information content (AvgIpc) is 1.99. The van der Waals surface area contributed by atoms with E-state index < -0.39 is 19.1 Å². The zero-order valence-corrected chi connectivity index (χ0v) is 7.75. The molecule has 0 bridgehead atoms. The Morgan fingerprint density at radius 2 is 1.80 bits per heavy atom. The highest BCUT2D eigenvalue weighted by atomic mass is 19.4. The van der Waals surface area contributed by atoms with E-state index in [1.165, 1.54) is 13.0 Å². The fourth-order valence-corrected chi connectivity index (χ4v) is 1.10. The van der Waals surface area contributed by atoms with Crippen molar-refractivity contribution < 1.29 is 27.9 Å². The van der Waals surface area contributed by atoms with E-state index in [2.05, 4.69) is 4.65 Å². The molecule has 0 aromatic heterocycles. The van der Waals surface area contributed by atoms with Crippen molar-refractivity contribution in [1.82, 2.24) is 0 Å². The van der Waals surface area contributed by atoms with Crippen LogP contribution in [0, 0.1) is 6.92 Å². The van der Waals surface area contributed by atoms with Gasteiger partial charge in [0.1, 0.15) is 5.75 Å². The maximum Gasteiger partial charge on any atom is 0.707 e. The fourth-order valence-electron chi connectivity index (χ4n) is 1.10. The Hall–Kier alpha value is -1.21. The largest absolute Gasteiger partial charge is 0.707 e. The first-order valence-electron chi connectivity index (χ1n) is 4.01. The van der Waals surface area contributed by atoms with Crippen LogP contribution in [0.3, 0.4) is 0 Å². The minimum atomic E-state index is -4.48. The molecule has 0 unspecified atom stereocenters. The molecule has 82 valence electrons. The molecule has 0 saturated carbocycles. The first-order valence-corrected chi connectivity index (χ1v) is 4.01. The molecule has 0 spiro atoms. The maximum atomic E-state index is 12.3. The molecular formula is C8H8BF3O3. The minimum Gasteiger partial charge on any atom is -0.512 e. The van der Waals surface area contributed by atoms with Crippen LogP contribution >= 0.6 is 0 Å². The highest BCUT2D eigenvalue weighted by molar-refractivity contribution is 6.33. The second kappa shape index (κ2) is 4.12. The van der Waals surface area contributed by atoms with Crippen LogP contribution in [0.4, 0.5) is 13.2 Å². The van der Waals surface area contributed by atoms with Crippen LogP contribution in [0.2, 0.25) is 0 Å². The number of rotatable bonds is 2. The smallest absolute Gasteiger partial charge is 0.512 e. The van der Waals surface area contributed by atoms with Crippen molar-refractivity contribution in [3.63, 3.8) is 0 Å². The highest BCUT2D eigenvalue weighted by Crippen LogP contribution is 2.32. The molecule has 0 heterocycles. The standard InChI is InChI=1S/C8H8BF3O3/c1-5-2-6(8(10,11)12)4-7(3-5)15-9(13)14/h2-4,13-14H,1H3. The number of aryl methyl sites for hydroxylation is 1. The molecule has 3 nitrogen and oxygen atoms in total. The Bertz CT molecular complexity index is 351. The van der Waals surface area contributed by atoms with Crippen molar-refractivity contribution in [2.24, 2.45) is 0 Å². The topological polar surface area (TPSA) is 49.7 Å². The van der Waals surface area contributed by atoms with Gasteiger partial charge in [0.25, 0.3) is 0 Å². The van der Waals surface area contributed by atoms with Gasteiger partial charge in [0.15, 0.2) is 0 Å². The average molecular weight is 220 g/mol. The van der Waals surface area contributed by atoms with Gasteiger partial charge in [-0.05, 0) is 30.7 Å². The Kier molecular flexibility index (Phi) is 3.26. The molecule has 7 heteroatoms. The lowest BCUT2D eigenvalue weighted by molar-refractivity contribution is -0.137. The molecule has 0 atom stereocenters. The van der Waals surface area contributed by atoms with E-state index in [1.54, 1.807) is 0 Å². The number of benzene rings is 1. The number of halogens is 3. The van der Waals surface area contributed by atoms with E-state index in [4.69, 9.17) is 10.0 Å². The summed E-state index contributed by atoms with van der Waals surface area (Å²) in [6.07, 6.45) is -4.48. The van der Waals surface area contributed by atoms with Crippen LogP contribution in [0.15, 0.2) is 18.2 Å². The summed E-state index contributed by atoms with van der Waals surface area (Å²) in [6, 6.07) is 2.91. The molecule has 1 aromatic carbocycles. The van der Waals surface area contributed by atoms with Gasteiger partial charge in [0.05, 0.1) is 5.56 Å². The van der Waals surface area contributed by atoms with Crippen LogP contribution in [0.1, 0.15) is 11.1 Å². The van der Waals surface area contributed by atoms with E-state index in [0.29, 0.717) is 11.6 Å². The van der Waals surface area contributed by atoms with Gasteiger partial charge in [0.2, 0.25) is 0 Å². The fraction of sp³-hybridized carbons (Fsp3) is 0.250. The molecule has 0 aliphatic carbocycles. The predicted octanol–water partition coefficient (Wildman–Crippen LogP) is 1.36. The normalized spacial score (nSPS) is 11.3. The zero-order chi connectivity index (χ0) is 11.6. The Labute approximate surface area is 84.3 Å². The second-order valence-corrected chi connectivity index (χ2v) is 2.98. The second-order valence-electron chi connectivity index (χ2n) is 2.98. The number of hydrogen-bond donors (Lipinski definition) is 2. The van der Waals surface area contributed by atoms with Gasteiger partial charge in [-0.2, -0.15) is 13.2 Å². The van der Waals surface area contributed by atoms with Crippen molar-refractivity contribution in [2.75, 3.05) is 0 Å². The van der Waals surface area contributed by atoms with E-state index in [-0.39, 0.29) is 5.75 Å². The zero-order valence-electron chi connectivity index (χ0n) is 7.75. The molecule has 1 aromatic rings. The summed E-state index contributed by atoms with van der Waals surface area (Å²) < 4.78 is 41.3. The Balaban J connectivity index is 3.06. The SMILES string of the molecule is Cc1cc(OB(O)O)cc(C(F)(F)F)c1. The van der Waals surface area contributed by atoms with Gasteiger partial charge in [-0.15, -0.1) is 0 Å². The third kappa shape index (κ3) is 3.45. The van der Waals surface area contributed by atoms with Gasteiger partial charge >= 0.3 is 13.5 Å². The molecule has 0 radical (unpaired) electrons. The molecule has 2 N–H and O–H groups in total. The van der Waals surface area contributed by atoms with E-state index >= 15 is 0 Å². The van der Waals surface area contributed by atoms with Crippen molar-refractivity contribution in [1.29, 1.82) is 0 Å². The van der Waals surface area contributed by atoms with E-state index in [0.717, 1.165) is 6.07 Å². The van der Waals surface area contributed by atoms with Gasteiger partial charge in [-0.25, -0.2) is 0 Å². The summed E-state index contributed by atoms with van der Waals surface area (Å²) >= 11 is 0. The molecule has 0 aliphatic rings. The van der Waals surface area contributed by atoms with Gasteiger partial charge in [-0.1, -0.05) is 0 Å². The Morgan fingerprint density at radius 3 is 2.27 bits per heavy atom. The monoisotopic (exact) mass is 220 g/mol. The first-order chi connectivity index (χ1) is 6.79. The first kappa shape index (κ1) is 11.9. The van der Waals surface area contributed by atoms with Crippen molar-refractivity contribution in [3.05, 3.63) is 29.3 Å². The molecule has 0 saturated heterocycles. The lowest BCUT2D eigenvalue weighted by atomic mass is 10.1. The Morgan fingerprint density at radius 1 is 1.20 bits per heavy atom. The van der Waals surface area contributed by atoms with Crippen LogP contribution < -0.4 is 4.65 Å². The molecule has 0 fully saturated rings. The summed E-state index contributed by atoms with van der Waals surface area (Å²) in [5.74, 6) is -0.239. The lowest BCUT2D eigenvalue weighted by Gasteiger charge is -2.11. The van der Waals surface area contributed by atoms with Crippen LogP contribution in [0.5, 0.6) is 5.75 Å². The van der Waals surface area contributed by atoms with Gasteiger partial charge in [0, 0.05) is 0 Å². The quantitative estimate of drug-likeness (QED) is 0.739. The molecule has 15 heavy (non-hydrogen) atoms. The predicted molar refractivity (Wildman–Crippen MR) is 47.0 cm³/mol. The molecule has 0 aliphatic heterocycles.